The predicted octanol–water partition coefficient (Wildman–Crippen LogP) is 2.65. The van der Waals surface area contributed by atoms with Crippen LogP contribution in [0.2, 0.25) is 0 Å². The van der Waals surface area contributed by atoms with Crippen LogP contribution in [0, 0.1) is 11.6 Å². The second-order valence-corrected chi connectivity index (χ2v) is 3.76. The van der Waals surface area contributed by atoms with Crippen LogP contribution in [-0.4, -0.2) is 17.9 Å². The maximum absolute atomic E-state index is 13.4. The van der Waals surface area contributed by atoms with Crippen molar-refractivity contribution in [1.82, 2.24) is 4.98 Å². The standard InChI is InChI=1S/C13H11F2N3O/c1-16-12-5-3-9(7-17-12)18-13(19)10-6-8(14)2-4-11(10)15/h2-7H,1H3,(H,16,17)(H,18,19). The number of anilines is 2. The summed E-state index contributed by atoms with van der Waals surface area (Å²) in [5.41, 5.74) is 0.0466. The van der Waals surface area contributed by atoms with E-state index in [2.05, 4.69) is 15.6 Å². The lowest BCUT2D eigenvalue weighted by atomic mass is 10.2. The molecule has 0 aliphatic heterocycles. The highest BCUT2D eigenvalue weighted by molar-refractivity contribution is 6.04. The highest BCUT2D eigenvalue weighted by atomic mass is 19.1. The molecule has 2 aromatic rings. The number of hydrogen-bond acceptors (Lipinski definition) is 3. The topological polar surface area (TPSA) is 54.0 Å². The van der Waals surface area contributed by atoms with Gasteiger partial charge in [-0.1, -0.05) is 0 Å². The van der Waals surface area contributed by atoms with Gasteiger partial charge in [-0.2, -0.15) is 0 Å². The van der Waals surface area contributed by atoms with Crippen LogP contribution in [-0.2, 0) is 0 Å². The second kappa shape index (κ2) is 5.43. The molecule has 0 aliphatic rings. The van der Waals surface area contributed by atoms with Crippen LogP contribution >= 0.6 is 0 Å². The van der Waals surface area contributed by atoms with E-state index in [0.717, 1.165) is 18.2 Å². The Morgan fingerprint density at radius 2 is 2.00 bits per heavy atom. The van der Waals surface area contributed by atoms with Crippen LogP contribution in [0.1, 0.15) is 10.4 Å². The number of hydrogen-bond donors (Lipinski definition) is 2. The Hall–Kier alpha value is -2.50. The van der Waals surface area contributed by atoms with Crippen molar-refractivity contribution < 1.29 is 13.6 Å². The summed E-state index contributed by atoms with van der Waals surface area (Å²) in [7, 11) is 1.71. The number of nitrogens with zero attached hydrogens (tertiary/aromatic N) is 1. The van der Waals surface area contributed by atoms with E-state index in [1.165, 1.54) is 6.20 Å². The first-order valence-electron chi connectivity index (χ1n) is 5.50. The smallest absolute Gasteiger partial charge is 0.258 e. The summed E-state index contributed by atoms with van der Waals surface area (Å²) in [5.74, 6) is -1.54. The van der Waals surface area contributed by atoms with Gasteiger partial charge in [-0.25, -0.2) is 13.8 Å². The zero-order valence-electron chi connectivity index (χ0n) is 10.1. The molecule has 1 aromatic heterocycles. The molecule has 0 radical (unpaired) electrons. The molecule has 4 nitrogen and oxygen atoms in total. The average Bonchev–Trinajstić information content (AvgIpc) is 2.42. The van der Waals surface area contributed by atoms with Crippen molar-refractivity contribution in [3.63, 3.8) is 0 Å². The van der Waals surface area contributed by atoms with Crippen LogP contribution in [0.3, 0.4) is 0 Å². The second-order valence-electron chi connectivity index (χ2n) is 3.76. The lowest BCUT2D eigenvalue weighted by Crippen LogP contribution is -2.14. The summed E-state index contributed by atoms with van der Waals surface area (Å²) in [6.07, 6.45) is 1.42. The van der Waals surface area contributed by atoms with E-state index in [0.29, 0.717) is 11.5 Å². The maximum atomic E-state index is 13.4. The van der Waals surface area contributed by atoms with Gasteiger partial charge < -0.3 is 10.6 Å². The summed E-state index contributed by atoms with van der Waals surface area (Å²) in [6, 6.07) is 5.97. The molecule has 0 saturated carbocycles. The molecule has 0 aliphatic carbocycles. The van der Waals surface area contributed by atoms with E-state index < -0.39 is 17.5 Å². The van der Waals surface area contributed by atoms with Gasteiger partial charge in [0.15, 0.2) is 0 Å². The maximum Gasteiger partial charge on any atom is 0.258 e. The molecule has 0 fully saturated rings. The van der Waals surface area contributed by atoms with Gasteiger partial charge in [0.2, 0.25) is 0 Å². The van der Waals surface area contributed by atoms with Crippen molar-refractivity contribution in [3.05, 3.63) is 53.7 Å². The number of benzene rings is 1. The fourth-order valence-electron chi connectivity index (χ4n) is 1.49. The molecule has 98 valence electrons. The monoisotopic (exact) mass is 263 g/mol. The van der Waals surface area contributed by atoms with Crippen LogP contribution in [0.5, 0.6) is 0 Å². The van der Waals surface area contributed by atoms with Crippen molar-refractivity contribution in [2.75, 3.05) is 17.7 Å². The van der Waals surface area contributed by atoms with Crippen LogP contribution in [0.25, 0.3) is 0 Å². The molecule has 0 unspecified atom stereocenters. The Kier molecular flexibility index (Phi) is 3.70. The number of carbonyl (C=O) groups excluding carboxylic acids is 1. The van der Waals surface area contributed by atoms with E-state index >= 15 is 0 Å². The number of amides is 1. The number of halogens is 2. The molecule has 0 spiro atoms. The average molecular weight is 263 g/mol. The number of aromatic nitrogens is 1. The number of nitrogens with one attached hydrogen (secondary N) is 2. The lowest BCUT2D eigenvalue weighted by molar-refractivity contribution is 0.102. The minimum atomic E-state index is -0.779. The Morgan fingerprint density at radius 1 is 1.21 bits per heavy atom. The molecular weight excluding hydrogens is 252 g/mol. The fraction of sp³-hybridized carbons (Fsp3) is 0.0769. The third kappa shape index (κ3) is 3.04. The zero-order valence-corrected chi connectivity index (χ0v) is 10.1. The summed E-state index contributed by atoms with van der Waals surface area (Å²) in [5, 5.41) is 5.26. The predicted molar refractivity (Wildman–Crippen MR) is 68.1 cm³/mol. The van der Waals surface area contributed by atoms with E-state index in [1.807, 2.05) is 0 Å². The van der Waals surface area contributed by atoms with Crippen LogP contribution < -0.4 is 10.6 Å². The van der Waals surface area contributed by atoms with Crippen LogP contribution in [0.15, 0.2) is 36.5 Å². The highest BCUT2D eigenvalue weighted by Crippen LogP contribution is 2.14. The van der Waals surface area contributed by atoms with Gasteiger partial charge in [0.05, 0.1) is 17.4 Å². The molecule has 19 heavy (non-hydrogen) atoms. The highest BCUT2D eigenvalue weighted by Gasteiger charge is 2.13. The first kappa shape index (κ1) is 12.9. The molecular formula is C13H11F2N3O. The minimum Gasteiger partial charge on any atom is -0.373 e. The first-order valence-corrected chi connectivity index (χ1v) is 5.50. The molecule has 0 bridgehead atoms. The molecule has 1 amide bonds. The number of carbonyl (C=O) groups is 1. The quantitative estimate of drug-likeness (QED) is 0.895. The van der Waals surface area contributed by atoms with Crippen LogP contribution in [0.4, 0.5) is 20.3 Å². The Labute approximate surface area is 108 Å². The van der Waals surface area contributed by atoms with Crippen molar-refractivity contribution in [2.45, 2.75) is 0 Å². The van der Waals surface area contributed by atoms with E-state index in [1.54, 1.807) is 19.2 Å². The van der Waals surface area contributed by atoms with Crippen molar-refractivity contribution in [2.24, 2.45) is 0 Å². The van der Waals surface area contributed by atoms with Gasteiger partial charge in [0.25, 0.3) is 5.91 Å². The summed E-state index contributed by atoms with van der Waals surface area (Å²) in [6.45, 7) is 0. The minimum absolute atomic E-state index is 0.349. The number of pyridine rings is 1. The van der Waals surface area contributed by atoms with Gasteiger partial charge in [-0.15, -0.1) is 0 Å². The largest absolute Gasteiger partial charge is 0.373 e. The van der Waals surface area contributed by atoms with Gasteiger partial charge in [-0.05, 0) is 30.3 Å². The van der Waals surface area contributed by atoms with E-state index in [9.17, 15) is 13.6 Å². The Morgan fingerprint density at radius 3 is 2.63 bits per heavy atom. The summed E-state index contributed by atoms with van der Waals surface area (Å²) in [4.78, 5) is 15.8. The van der Waals surface area contributed by atoms with Crippen molar-refractivity contribution >= 4 is 17.4 Å². The summed E-state index contributed by atoms with van der Waals surface area (Å²) >= 11 is 0. The molecule has 0 saturated heterocycles. The van der Waals surface area contributed by atoms with Gasteiger partial charge in [0, 0.05) is 7.05 Å². The summed E-state index contributed by atoms with van der Waals surface area (Å²) < 4.78 is 26.4. The molecule has 0 atom stereocenters. The zero-order chi connectivity index (χ0) is 13.8. The van der Waals surface area contributed by atoms with E-state index in [-0.39, 0.29) is 5.56 Å². The fourth-order valence-corrected chi connectivity index (χ4v) is 1.49. The molecule has 1 aromatic carbocycles. The first-order chi connectivity index (χ1) is 9.10. The van der Waals surface area contributed by atoms with E-state index in [4.69, 9.17) is 0 Å². The van der Waals surface area contributed by atoms with Gasteiger partial charge >= 0.3 is 0 Å². The Balaban J connectivity index is 2.18. The number of rotatable bonds is 3. The molecule has 2 N–H and O–H groups in total. The lowest BCUT2D eigenvalue weighted by Gasteiger charge is -2.06. The molecule has 1 heterocycles. The van der Waals surface area contributed by atoms with Crippen molar-refractivity contribution in [1.29, 1.82) is 0 Å². The Bertz CT molecular complexity index is 599. The van der Waals surface area contributed by atoms with Crippen molar-refractivity contribution in [3.8, 4) is 0 Å². The molecule has 2 rings (SSSR count). The third-order valence-corrected chi connectivity index (χ3v) is 2.45. The van der Waals surface area contributed by atoms with Gasteiger partial charge in [0.1, 0.15) is 17.5 Å². The normalized spacial score (nSPS) is 10.1. The SMILES string of the molecule is CNc1ccc(NC(=O)c2cc(F)ccc2F)cn1. The van der Waals surface area contributed by atoms with Gasteiger partial charge in [-0.3, -0.25) is 4.79 Å². The third-order valence-electron chi connectivity index (χ3n) is 2.45. The molecule has 6 heteroatoms.